The molecule has 160 valence electrons. The largest absolute Gasteiger partial charge is 0.322 e. The zero-order valence-electron chi connectivity index (χ0n) is 16.3. The Morgan fingerprint density at radius 3 is 2.09 bits per heavy atom. The predicted octanol–water partition coefficient (Wildman–Crippen LogP) is 3.52. The van der Waals surface area contributed by atoms with Gasteiger partial charge in [0.05, 0.1) is 27.7 Å². The van der Waals surface area contributed by atoms with Gasteiger partial charge < -0.3 is 5.32 Å². The van der Waals surface area contributed by atoms with Gasteiger partial charge in [-0.3, -0.25) is 29.8 Å². The smallest absolute Gasteiger partial charge is 0.285 e. The lowest BCUT2D eigenvalue weighted by Gasteiger charge is -2.06. The highest BCUT2D eigenvalue weighted by Gasteiger charge is 2.18. The Balaban J connectivity index is 1.64. The topological polar surface area (TPSA) is 157 Å². The van der Waals surface area contributed by atoms with Crippen molar-refractivity contribution in [3.05, 3.63) is 110 Å². The monoisotopic (exact) mass is 433 g/mol. The summed E-state index contributed by atoms with van der Waals surface area (Å²) < 4.78 is 0. The van der Waals surface area contributed by atoms with Crippen LogP contribution in [0.5, 0.6) is 0 Å². The molecule has 11 nitrogen and oxygen atoms in total. The van der Waals surface area contributed by atoms with E-state index in [0.717, 1.165) is 24.4 Å². The van der Waals surface area contributed by atoms with Gasteiger partial charge in [-0.1, -0.05) is 18.2 Å². The first-order chi connectivity index (χ1) is 15.3. The standard InChI is InChI=1S/C21H15N5O6/c27-20(14-4-2-1-3-5-14)23-17-9-6-15(7-10-17)21(28)24-22-13-16-8-11-18(25(29)30)12-19(16)26(31)32/h1-13H,(H,23,27)(H,24,28)/b22-13-. The molecule has 0 aliphatic carbocycles. The lowest BCUT2D eigenvalue weighted by Crippen LogP contribution is -2.18. The summed E-state index contributed by atoms with van der Waals surface area (Å²) in [6.45, 7) is 0. The van der Waals surface area contributed by atoms with Gasteiger partial charge in [-0.05, 0) is 42.5 Å². The van der Waals surface area contributed by atoms with Crippen molar-refractivity contribution in [3.63, 3.8) is 0 Å². The molecule has 2 N–H and O–H groups in total. The van der Waals surface area contributed by atoms with Gasteiger partial charge in [0.1, 0.15) is 0 Å². The SMILES string of the molecule is O=C(N/N=C\c1ccc([N+](=O)[O-])cc1[N+](=O)[O-])c1ccc(NC(=O)c2ccccc2)cc1. The lowest BCUT2D eigenvalue weighted by atomic mass is 10.1. The van der Waals surface area contributed by atoms with Crippen LogP contribution in [-0.4, -0.2) is 27.9 Å². The minimum absolute atomic E-state index is 0.0140. The average Bonchev–Trinajstić information content (AvgIpc) is 2.80. The van der Waals surface area contributed by atoms with Gasteiger partial charge in [0.25, 0.3) is 23.2 Å². The van der Waals surface area contributed by atoms with Crippen LogP contribution in [0.2, 0.25) is 0 Å². The van der Waals surface area contributed by atoms with Gasteiger partial charge >= 0.3 is 0 Å². The van der Waals surface area contributed by atoms with Crippen molar-refractivity contribution in [1.29, 1.82) is 0 Å². The first-order valence-electron chi connectivity index (χ1n) is 9.08. The second kappa shape index (κ2) is 9.71. The number of nitro benzene ring substituents is 2. The number of hydrazone groups is 1. The molecule has 32 heavy (non-hydrogen) atoms. The van der Waals surface area contributed by atoms with E-state index in [1.54, 1.807) is 42.5 Å². The quantitative estimate of drug-likeness (QED) is 0.330. The Morgan fingerprint density at radius 1 is 0.812 bits per heavy atom. The zero-order chi connectivity index (χ0) is 23.1. The van der Waals surface area contributed by atoms with Crippen molar-refractivity contribution in [3.8, 4) is 0 Å². The van der Waals surface area contributed by atoms with E-state index in [9.17, 15) is 29.8 Å². The summed E-state index contributed by atoms with van der Waals surface area (Å²) >= 11 is 0. The first kappa shape index (κ1) is 21.8. The molecule has 0 spiro atoms. The third-order valence-electron chi connectivity index (χ3n) is 4.23. The molecular formula is C21H15N5O6. The third-order valence-corrected chi connectivity index (χ3v) is 4.23. The van der Waals surface area contributed by atoms with E-state index in [1.165, 1.54) is 12.1 Å². The second-order valence-corrected chi connectivity index (χ2v) is 6.35. The predicted molar refractivity (Wildman–Crippen MR) is 116 cm³/mol. The van der Waals surface area contributed by atoms with Gasteiger partial charge in [-0.25, -0.2) is 5.43 Å². The fourth-order valence-electron chi connectivity index (χ4n) is 2.64. The highest BCUT2D eigenvalue weighted by atomic mass is 16.6. The number of nitrogens with zero attached hydrogens (tertiary/aromatic N) is 3. The van der Waals surface area contributed by atoms with E-state index >= 15 is 0 Å². The molecule has 0 bridgehead atoms. The van der Waals surface area contributed by atoms with E-state index in [0.29, 0.717) is 11.3 Å². The zero-order valence-corrected chi connectivity index (χ0v) is 16.3. The molecule has 0 unspecified atom stereocenters. The summed E-state index contributed by atoms with van der Waals surface area (Å²) in [5, 5.41) is 28.3. The van der Waals surface area contributed by atoms with Gasteiger partial charge in [0.2, 0.25) is 0 Å². The minimum Gasteiger partial charge on any atom is -0.322 e. The van der Waals surface area contributed by atoms with Crippen LogP contribution < -0.4 is 10.7 Å². The van der Waals surface area contributed by atoms with Crippen LogP contribution in [0.25, 0.3) is 0 Å². The molecule has 3 aromatic carbocycles. The number of anilines is 1. The van der Waals surface area contributed by atoms with Gasteiger partial charge in [-0.15, -0.1) is 0 Å². The third kappa shape index (κ3) is 5.36. The van der Waals surface area contributed by atoms with Gasteiger partial charge in [-0.2, -0.15) is 5.10 Å². The fourth-order valence-corrected chi connectivity index (χ4v) is 2.64. The molecule has 3 aromatic rings. The molecule has 3 rings (SSSR count). The van der Waals surface area contributed by atoms with E-state index < -0.39 is 27.1 Å². The molecule has 0 radical (unpaired) electrons. The number of benzene rings is 3. The van der Waals surface area contributed by atoms with Crippen LogP contribution in [0.3, 0.4) is 0 Å². The van der Waals surface area contributed by atoms with Crippen LogP contribution >= 0.6 is 0 Å². The number of nitrogens with one attached hydrogen (secondary N) is 2. The Kier molecular flexibility index (Phi) is 6.61. The molecule has 0 aromatic heterocycles. The molecule has 0 atom stereocenters. The van der Waals surface area contributed by atoms with Crippen LogP contribution in [-0.2, 0) is 0 Å². The summed E-state index contributed by atoms with van der Waals surface area (Å²) in [6.07, 6.45) is 1.02. The molecule has 11 heteroatoms. The number of nitro groups is 2. The van der Waals surface area contributed by atoms with E-state index in [-0.39, 0.29) is 17.0 Å². The van der Waals surface area contributed by atoms with Gasteiger partial charge in [0.15, 0.2) is 0 Å². The number of rotatable bonds is 7. The fraction of sp³-hybridized carbons (Fsp3) is 0. The summed E-state index contributed by atoms with van der Waals surface area (Å²) in [7, 11) is 0. The van der Waals surface area contributed by atoms with Crippen molar-refractivity contribution in [2.24, 2.45) is 5.10 Å². The van der Waals surface area contributed by atoms with E-state index in [4.69, 9.17) is 0 Å². The van der Waals surface area contributed by atoms with Crippen molar-refractivity contribution < 1.29 is 19.4 Å². The van der Waals surface area contributed by atoms with Crippen molar-refractivity contribution in [2.45, 2.75) is 0 Å². The minimum atomic E-state index is -0.779. The normalized spacial score (nSPS) is 10.5. The number of amides is 2. The number of hydrogen-bond donors (Lipinski definition) is 2. The van der Waals surface area contributed by atoms with Crippen LogP contribution in [0, 0.1) is 20.2 Å². The maximum atomic E-state index is 12.2. The molecule has 0 saturated heterocycles. The number of carbonyl (C=O) groups is 2. The van der Waals surface area contributed by atoms with E-state index in [2.05, 4.69) is 15.8 Å². The highest BCUT2D eigenvalue weighted by Crippen LogP contribution is 2.23. The maximum Gasteiger partial charge on any atom is 0.285 e. The Labute approximate surface area is 180 Å². The molecule has 0 heterocycles. The first-order valence-corrected chi connectivity index (χ1v) is 9.08. The summed E-state index contributed by atoms with van der Waals surface area (Å²) in [4.78, 5) is 44.7. The van der Waals surface area contributed by atoms with E-state index in [1.807, 2.05) is 0 Å². The van der Waals surface area contributed by atoms with Crippen LogP contribution in [0.1, 0.15) is 26.3 Å². The summed E-state index contributed by atoms with van der Waals surface area (Å²) in [6, 6.07) is 17.7. The molecule has 0 aliphatic rings. The molecule has 0 fully saturated rings. The maximum absolute atomic E-state index is 12.2. The Bertz CT molecular complexity index is 1210. The average molecular weight is 433 g/mol. The number of non-ortho nitro benzene ring substituents is 1. The number of carbonyl (C=O) groups excluding carboxylic acids is 2. The Hall–Kier alpha value is -4.93. The molecular weight excluding hydrogens is 418 g/mol. The van der Waals surface area contributed by atoms with Crippen LogP contribution in [0.4, 0.5) is 17.1 Å². The van der Waals surface area contributed by atoms with Crippen molar-refractivity contribution >= 4 is 35.1 Å². The summed E-state index contributed by atoms with van der Waals surface area (Å²) in [5.74, 6) is -0.885. The summed E-state index contributed by atoms with van der Waals surface area (Å²) in [5.41, 5.74) is 2.47. The second-order valence-electron chi connectivity index (χ2n) is 6.35. The van der Waals surface area contributed by atoms with Crippen molar-refractivity contribution in [2.75, 3.05) is 5.32 Å². The van der Waals surface area contributed by atoms with Crippen LogP contribution in [0.15, 0.2) is 77.9 Å². The van der Waals surface area contributed by atoms with Crippen molar-refractivity contribution in [1.82, 2.24) is 5.43 Å². The highest BCUT2D eigenvalue weighted by molar-refractivity contribution is 6.04. The molecule has 0 aliphatic heterocycles. The lowest BCUT2D eigenvalue weighted by molar-refractivity contribution is -0.394. The number of hydrogen-bond acceptors (Lipinski definition) is 7. The Morgan fingerprint density at radius 2 is 1.47 bits per heavy atom. The van der Waals surface area contributed by atoms with Gasteiger partial charge in [0, 0.05) is 22.9 Å². The molecule has 2 amide bonds. The molecule has 0 saturated carbocycles.